The third-order valence-corrected chi connectivity index (χ3v) is 4.47. The highest BCUT2D eigenvalue weighted by Crippen LogP contribution is 2.23. The summed E-state index contributed by atoms with van der Waals surface area (Å²) >= 11 is 0. The van der Waals surface area contributed by atoms with Crippen molar-refractivity contribution in [3.8, 4) is 0 Å². The minimum atomic E-state index is -0.953. The molecule has 3 nitrogen and oxygen atoms in total. The topological polar surface area (TPSA) is 32.3 Å². The van der Waals surface area contributed by atoms with E-state index in [-0.39, 0.29) is 11.7 Å². The van der Waals surface area contributed by atoms with E-state index < -0.39 is 11.6 Å². The zero-order valence-corrected chi connectivity index (χ0v) is 13.2. The Kier molecular flexibility index (Phi) is 5.75. The molecule has 5 heteroatoms. The minimum Gasteiger partial charge on any atom is -0.324 e. The molecule has 1 aromatic rings. The number of urea groups is 1. The predicted molar refractivity (Wildman–Crippen MR) is 83.7 cm³/mol. The summed E-state index contributed by atoms with van der Waals surface area (Å²) < 4.78 is 26.2. The van der Waals surface area contributed by atoms with Crippen LogP contribution >= 0.6 is 0 Å². The third-order valence-electron chi connectivity index (χ3n) is 4.47. The summed E-state index contributed by atoms with van der Waals surface area (Å²) in [7, 11) is 0. The SMILES string of the molecule is CCC1CCC(C)CCN(C(=O)Nc2ccc(F)c(F)c2)C1. The van der Waals surface area contributed by atoms with Crippen LogP contribution in [0.25, 0.3) is 0 Å². The van der Waals surface area contributed by atoms with Gasteiger partial charge in [-0.15, -0.1) is 0 Å². The van der Waals surface area contributed by atoms with Gasteiger partial charge in [0.05, 0.1) is 0 Å². The van der Waals surface area contributed by atoms with Crippen molar-refractivity contribution in [3.63, 3.8) is 0 Å². The molecule has 0 saturated carbocycles. The van der Waals surface area contributed by atoms with Crippen LogP contribution in [0.4, 0.5) is 19.3 Å². The van der Waals surface area contributed by atoms with E-state index in [1.54, 1.807) is 4.90 Å². The molecule has 2 amide bonds. The molecule has 0 spiro atoms. The molecule has 0 bridgehead atoms. The Hall–Kier alpha value is -1.65. The minimum absolute atomic E-state index is 0.237. The molecule has 1 saturated heterocycles. The molecule has 1 N–H and O–H groups in total. The highest BCUT2D eigenvalue weighted by Gasteiger charge is 2.22. The van der Waals surface area contributed by atoms with Crippen molar-refractivity contribution in [1.29, 1.82) is 0 Å². The number of benzene rings is 1. The maximum atomic E-state index is 13.2. The Labute approximate surface area is 130 Å². The van der Waals surface area contributed by atoms with Crippen LogP contribution in [0.1, 0.15) is 39.5 Å². The van der Waals surface area contributed by atoms with Crippen LogP contribution in [-0.4, -0.2) is 24.0 Å². The molecule has 1 aliphatic rings. The van der Waals surface area contributed by atoms with E-state index in [4.69, 9.17) is 0 Å². The number of hydrogen-bond donors (Lipinski definition) is 1. The number of carbonyl (C=O) groups excluding carboxylic acids is 1. The molecule has 1 heterocycles. The monoisotopic (exact) mass is 310 g/mol. The van der Waals surface area contributed by atoms with E-state index in [1.165, 1.54) is 12.5 Å². The fourth-order valence-electron chi connectivity index (χ4n) is 2.83. The molecule has 122 valence electrons. The van der Waals surface area contributed by atoms with Crippen LogP contribution in [0.5, 0.6) is 0 Å². The highest BCUT2D eigenvalue weighted by molar-refractivity contribution is 5.89. The number of amides is 2. The normalized spacial score (nSPS) is 22.8. The molecule has 2 unspecified atom stereocenters. The summed E-state index contributed by atoms with van der Waals surface area (Å²) in [6.45, 7) is 5.78. The van der Waals surface area contributed by atoms with Crippen molar-refractivity contribution in [3.05, 3.63) is 29.8 Å². The van der Waals surface area contributed by atoms with Gasteiger partial charge in [0.15, 0.2) is 11.6 Å². The quantitative estimate of drug-likeness (QED) is 0.847. The Bertz CT molecular complexity index is 521. The van der Waals surface area contributed by atoms with Crippen LogP contribution < -0.4 is 5.32 Å². The number of halogens is 2. The fraction of sp³-hybridized carbons (Fsp3) is 0.588. The average Bonchev–Trinajstić information content (AvgIpc) is 2.47. The number of carbonyl (C=O) groups is 1. The van der Waals surface area contributed by atoms with Gasteiger partial charge >= 0.3 is 6.03 Å². The summed E-state index contributed by atoms with van der Waals surface area (Å²) in [5.74, 6) is -0.763. The molecule has 1 aromatic carbocycles. The molecule has 1 aliphatic heterocycles. The molecular weight excluding hydrogens is 286 g/mol. The van der Waals surface area contributed by atoms with Crippen molar-refractivity contribution in [1.82, 2.24) is 4.90 Å². The van der Waals surface area contributed by atoms with Crippen molar-refractivity contribution in [2.45, 2.75) is 39.5 Å². The molecule has 22 heavy (non-hydrogen) atoms. The van der Waals surface area contributed by atoms with Gasteiger partial charge in [-0.25, -0.2) is 13.6 Å². The lowest BCUT2D eigenvalue weighted by molar-refractivity contribution is 0.179. The average molecular weight is 310 g/mol. The predicted octanol–water partition coefficient (Wildman–Crippen LogP) is 4.64. The van der Waals surface area contributed by atoms with Gasteiger partial charge in [-0.05, 0) is 36.8 Å². The first-order valence-corrected chi connectivity index (χ1v) is 8.00. The lowest BCUT2D eigenvalue weighted by Crippen LogP contribution is -2.40. The lowest BCUT2D eigenvalue weighted by atomic mass is 9.90. The Morgan fingerprint density at radius 3 is 2.73 bits per heavy atom. The summed E-state index contributed by atoms with van der Waals surface area (Å²) in [5.41, 5.74) is 0.284. The van der Waals surface area contributed by atoms with Crippen molar-refractivity contribution >= 4 is 11.7 Å². The van der Waals surface area contributed by atoms with Crippen LogP contribution in [-0.2, 0) is 0 Å². The Morgan fingerprint density at radius 2 is 2.05 bits per heavy atom. The van der Waals surface area contributed by atoms with Gasteiger partial charge in [0.25, 0.3) is 0 Å². The number of nitrogens with one attached hydrogen (secondary N) is 1. The first kappa shape index (κ1) is 16.7. The van der Waals surface area contributed by atoms with Gasteiger partial charge in [0, 0.05) is 24.8 Å². The van der Waals surface area contributed by atoms with Gasteiger partial charge in [-0.1, -0.05) is 26.7 Å². The molecular formula is C17H24F2N2O. The number of hydrogen-bond acceptors (Lipinski definition) is 1. The van der Waals surface area contributed by atoms with E-state index in [2.05, 4.69) is 19.2 Å². The molecule has 2 atom stereocenters. The van der Waals surface area contributed by atoms with Crippen LogP contribution in [0, 0.1) is 23.5 Å². The molecule has 0 aliphatic carbocycles. The first-order chi connectivity index (χ1) is 10.5. The number of rotatable bonds is 2. The number of likely N-dealkylation sites (tertiary alicyclic amines) is 1. The Morgan fingerprint density at radius 1 is 1.27 bits per heavy atom. The first-order valence-electron chi connectivity index (χ1n) is 8.00. The van der Waals surface area contributed by atoms with E-state index in [0.717, 1.165) is 37.9 Å². The van der Waals surface area contributed by atoms with Crippen molar-refractivity contribution < 1.29 is 13.6 Å². The van der Waals surface area contributed by atoms with Crippen LogP contribution in [0.3, 0.4) is 0 Å². The summed E-state index contributed by atoms with van der Waals surface area (Å²) in [6, 6.07) is 3.17. The largest absolute Gasteiger partial charge is 0.324 e. The summed E-state index contributed by atoms with van der Waals surface area (Å²) in [4.78, 5) is 14.2. The Balaban J connectivity index is 2.03. The fourth-order valence-corrected chi connectivity index (χ4v) is 2.83. The van der Waals surface area contributed by atoms with Gasteiger partial charge in [-0.2, -0.15) is 0 Å². The molecule has 0 radical (unpaired) electrons. The second-order valence-corrected chi connectivity index (χ2v) is 6.25. The third kappa shape index (κ3) is 4.42. The van der Waals surface area contributed by atoms with Gasteiger partial charge in [-0.3, -0.25) is 0 Å². The zero-order valence-electron chi connectivity index (χ0n) is 13.2. The van der Waals surface area contributed by atoms with E-state index >= 15 is 0 Å². The molecule has 1 fully saturated rings. The van der Waals surface area contributed by atoms with Crippen LogP contribution in [0.15, 0.2) is 18.2 Å². The highest BCUT2D eigenvalue weighted by atomic mass is 19.2. The van der Waals surface area contributed by atoms with Gasteiger partial charge in [0.1, 0.15) is 0 Å². The van der Waals surface area contributed by atoms with Gasteiger partial charge in [0.2, 0.25) is 0 Å². The summed E-state index contributed by atoms with van der Waals surface area (Å²) in [6.07, 6.45) is 4.35. The van der Waals surface area contributed by atoms with E-state index in [1.807, 2.05) is 0 Å². The molecule has 2 rings (SSSR count). The van der Waals surface area contributed by atoms with Crippen LogP contribution in [0.2, 0.25) is 0 Å². The van der Waals surface area contributed by atoms with Crippen molar-refractivity contribution in [2.24, 2.45) is 11.8 Å². The second-order valence-electron chi connectivity index (χ2n) is 6.25. The van der Waals surface area contributed by atoms with E-state index in [0.29, 0.717) is 18.4 Å². The second kappa shape index (κ2) is 7.56. The maximum Gasteiger partial charge on any atom is 0.321 e. The number of nitrogens with zero attached hydrogens (tertiary/aromatic N) is 1. The van der Waals surface area contributed by atoms with Gasteiger partial charge < -0.3 is 10.2 Å². The summed E-state index contributed by atoms with van der Waals surface area (Å²) in [5, 5.41) is 2.67. The van der Waals surface area contributed by atoms with E-state index in [9.17, 15) is 13.6 Å². The maximum absolute atomic E-state index is 13.2. The zero-order chi connectivity index (χ0) is 16.1. The lowest BCUT2D eigenvalue weighted by Gasteiger charge is -2.31. The molecule has 0 aromatic heterocycles. The number of anilines is 1. The smallest absolute Gasteiger partial charge is 0.321 e. The van der Waals surface area contributed by atoms with Crippen molar-refractivity contribution in [2.75, 3.05) is 18.4 Å². The standard InChI is InChI=1S/C17H24F2N2O/c1-3-13-5-4-12(2)8-9-21(11-13)17(22)20-14-6-7-15(18)16(19)10-14/h6-7,10,12-13H,3-5,8-9,11H2,1-2H3,(H,20,22).